The van der Waals surface area contributed by atoms with Crippen molar-refractivity contribution in [3.8, 4) is 11.1 Å². The molecule has 0 unspecified atom stereocenters. The molecule has 38 heavy (non-hydrogen) atoms. The van der Waals surface area contributed by atoms with Gasteiger partial charge in [0.15, 0.2) is 0 Å². The number of carboxylic acids is 1. The highest BCUT2D eigenvalue weighted by molar-refractivity contribution is 6.11. The summed E-state index contributed by atoms with van der Waals surface area (Å²) in [6.07, 6.45) is 1.98. The van der Waals surface area contributed by atoms with E-state index in [1.165, 1.54) is 9.80 Å². The lowest BCUT2D eigenvalue weighted by Gasteiger charge is -2.24. The van der Waals surface area contributed by atoms with Crippen LogP contribution in [0.1, 0.15) is 38.6 Å². The van der Waals surface area contributed by atoms with E-state index in [0.29, 0.717) is 46.9 Å². The van der Waals surface area contributed by atoms with Crippen LogP contribution in [0.15, 0.2) is 89.5 Å². The zero-order chi connectivity index (χ0) is 27.1. The zero-order valence-electron chi connectivity index (χ0n) is 21.3. The van der Waals surface area contributed by atoms with Crippen LogP contribution in [-0.4, -0.2) is 52.9 Å². The Hall–Kier alpha value is -4.72. The number of hydrogen-bond donors (Lipinski definition) is 1. The second kappa shape index (κ2) is 12.0. The molecule has 0 saturated carbocycles. The quantitative estimate of drug-likeness (QED) is 0.318. The van der Waals surface area contributed by atoms with Crippen LogP contribution in [0.2, 0.25) is 0 Å². The summed E-state index contributed by atoms with van der Waals surface area (Å²) in [6.45, 7) is 2.16. The number of carboxylic acid groups (broad SMARTS) is 1. The Balaban J connectivity index is 1.67. The first-order chi connectivity index (χ1) is 18.3. The minimum Gasteiger partial charge on any atom is -0.481 e. The average Bonchev–Trinajstić information content (AvgIpc) is 3.38. The molecule has 0 saturated heterocycles. The Kier molecular flexibility index (Phi) is 8.33. The summed E-state index contributed by atoms with van der Waals surface area (Å²) in [5, 5.41) is 9.28. The van der Waals surface area contributed by atoms with Gasteiger partial charge in [-0.3, -0.25) is 24.3 Å². The van der Waals surface area contributed by atoms with Gasteiger partial charge in [-0.05, 0) is 48.4 Å². The summed E-state index contributed by atoms with van der Waals surface area (Å²) in [4.78, 5) is 45.9. The van der Waals surface area contributed by atoms with Crippen LogP contribution in [0.25, 0.3) is 11.1 Å². The predicted molar refractivity (Wildman–Crippen MR) is 144 cm³/mol. The van der Waals surface area contributed by atoms with E-state index < -0.39 is 5.97 Å². The maximum Gasteiger partial charge on any atom is 0.305 e. The van der Waals surface area contributed by atoms with Gasteiger partial charge in [0.25, 0.3) is 11.8 Å². The van der Waals surface area contributed by atoms with Gasteiger partial charge in [0.05, 0.1) is 6.42 Å². The van der Waals surface area contributed by atoms with Crippen LogP contribution < -0.4 is 4.90 Å². The summed E-state index contributed by atoms with van der Waals surface area (Å²) >= 11 is 0. The summed E-state index contributed by atoms with van der Waals surface area (Å²) in [6, 6.07) is 23.2. The van der Waals surface area contributed by atoms with Crippen molar-refractivity contribution >= 4 is 23.7 Å². The Morgan fingerprint density at radius 3 is 2.03 bits per heavy atom. The lowest BCUT2D eigenvalue weighted by Crippen LogP contribution is -2.35. The second-order valence-corrected chi connectivity index (χ2v) is 8.85. The van der Waals surface area contributed by atoms with Crippen molar-refractivity contribution in [1.82, 2.24) is 9.88 Å². The van der Waals surface area contributed by atoms with Gasteiger partial charge in [0.1, 0.15) is 5.76 Å². The Morgan fingerprint density at radius 1 is 0.816 bits per heavy atom. The number of hydrogen-bond acceptors (Lipinski definition) is 5. The van der Waals surface area contributed by atoms with Gasteiger partial charge in [-0.2, -0.15) is 0 Å². The molecule has 0 fully saturated rings. The largest absolute Gasteiger partial charge is 0.481 e. The summed E-state index contributed by atoms with van der Waals surface area (Å²) in [5.41, 5.74) is 2.79. The third kappa shape index (κ3) is 6.15. The van der Waals surface area contributed by atoms with Crippen LogP contribution in [0.4, 0.5) is 5.88 Å². The van der Waals surface area contributed by atoms with Gasteiger partial charge in [0.2, 0.25) is 5.88 Å². The number of pyridine rings is 1. The predicted octanol–water partition coefficient (Wildman–Crippen LogP) is 5.09. The molecule has 1 N–H and O–H groups in total. The number of amides is 2. The maximum absolute atomic E-state index is 13.8. The van der Waals surface area contributed by atoms with E-state index in [4.69, 9.17) is 4.42 Å². The summed E-state index contributed by atoms with van der Waals surface area (Å²) in [5.74, 6) is -0.469. The number of carbonyl (C=O) groups is 3. The van der Waals surface area contributed by atoms with E-state index in [1.807, 2.05) is 37.3 Å². The van der Waals surface area contributed by atoms with Gasteiger partial charge < -0.3 is 14.4 Å². The van der Waals surface area contributed by atoms with Gasteiger partial charge in [-0.1, -0.05) is 42.5 Å². The number of rotatable bonds is 10. The molecule has 0 atom stereocenters. The number of furan rings is 1. The zero-order valence-corrected chi connectivity index (χ0v) is 21.3. The van der Waals surface area contributed by atoms with E-state index in [0.717, 1.165) is 5.69 Å². The Bertz CT molecular complexity index is 1430. The molecular formula is C30H29N3O5. The highest BCUT2D eigenvalue weighted by atomic mass is 16.4. The molecule has 4 rings (SSSR count). The summed E-state index contributed by atoms with van der Waals surface area (Å²) < 4.78 is 5.63. The average molecular weight is 512 g/mol. The highest BCUT2D eigenvalue weighted by Crippen LogP contribution is 2.30. The molecule has 2 aromatic heterocycles. The maximum atomic E-state index is 13.8. The fourth-order valence-electron chi connectivity index (χ4n) is 4.20. The monoisotopic (exact) mass is 511 g/mol. The first-order valence-corrected chi connectivity index (χ1v) is 12.3. The van der Waals surface area contributed by atoms with Gasteiger partial charge >= 0.3 is 5.97 Å². The van der Waals surface area contributed by atoms with E-state index >= 15 is 0 Å². The number of nitrogens with zero attached hydrogens (tertiary/aromatic N) is 3. The van der Waals surface area contributed by atoms with Crippen molar-refractivity contribution in [3.05, 3.63) is 108 Å². The molecule has 2 amide bonds. The third-order valence-electron chi connectivity index (χ3n) is 6.21. The standard InChI is InChI=1S/C30H29N3O5/c1-21-14-15-27(38-21)32(2)29(36)25-12-5-3-10-23(25)24-11-4-6-13-26(24)30(37)33(20-17-28(34)35)19-16-22-9-7-8-18-31-22/h3-15,18H,16-17,19-20H2,1-2H3,(H,34,35). The highest BCUT2D eigenvalue weighted by Gasteiger charge is 2.24. The van der Waals surface area contributed by atoms with Crippen molar-refractivity contribution in [3.63, 3.8) is 0 Å². The van der Waals surface area contributed by atoms with Crippen LogP contribution in [-0.2, 0) is 11.2 Å². The van der Waals surface area contributed by atoms with E-state index in [1.54, 1.807) is 61.8 Å². The van der Waals surface area contributed by atoms with Gasteiger partial charge in [-0.15, -0.1) is 0 Å². The number of aliphatic carboxylic acids is 1. The Morgan fingerprint density at radius 2 is 1.45 bits per heavy atom. The molecule has 4 aromatic rings. The lowest BCUT2D eigenvalue weighted by molar-refractivity contribution is -0.137. The topological polar surface area (TPSA) is 104 Å². The number of carbonyl (C=O) groups excluding carboxylic acids is 2. The van der Waals surface area contributed by atoms with E-state index in [-0.39, 0.29) is 24.8 Å². The molecule has 0 aliphatic carbocycles. The molecule has 0 aliphatic rings. The number of aromatic nitrogens is 1. The van der Waals surface area contributed by atoms with Crippen molar-refractivity contribution < 1.29 is 23.9 Å². The van der Waals surface area contributed by atoms with Gasteiger partial charge in [-0.25, -0.2) is 0 Å². The molecule has 2 heterocycles. The smallest absolute Gasteiger partial charge is 0.305 e. The second-order valence-electron chi connectivity index (χ2n) is 8.85. The molecule has 0 aliphatic heterocycles. The molecule has 0 spiro atoms. The molecule has 2 aromatic carbocycles. The molecule has 8 nitrogen and oxygen atoms in total. The van der Waals surface area contributed by atoms with E-state index in [2.05, 4.69) is 4.98 Å². The van der Waals surface area contributed by atoms with Crippen LogP contribution in [0.5, 0.6) is 0 Å². The molecule has 8 heteroatoms. The fraction of sp³-hybridized carbons (Fsp3) is 0.200. The van der Waals surface area contributed by atoms with Crippen LogP contribution >= 0.6 is 0 Å². The fourth-order valence-corrected chi connectivity index (χ4v) is 4.20. The van der Waals surface area contributed by atoms with Gasteiger partial charge in [0, 0.05) is 55.6 Å². The first kappa shape index (κ1) is 26.3. The number of aryl methyl sites for hydroxylation is 1. The number of benzene rings is 2. The van der Waals surface area contributed by atoms with E-state index in [9.17, 15) is 19.5 Å². The third-order valence-corrected chi connectivity index (χ3v) is 6.21. The van der Waals surface area contributed by atoms with Crippen molar-refractivity contribution in [2.45, 2.75) is 19.8 Å². The molecule has 0 bridgehead atoms. The SMILES string of the molecule is Cc1ccc(N(C)C(=O)c2ccccc2-c2ccccc2C(=O)N(CCC(=O)O)CCc2ccccn2)o1. The molecule has 0 radical (unpaired) electrons. The van der Waals surface area contributed by atoms with Crippen molar-refractivity contribution in [2.24, 2.45) is 0 Å². The minimum absolute atomic E-state index is 0.0521. The molecular weight excluding hydrogens is 482 g/mol. The van der Waals surface area contributed by atoms with Crippen molar-refractivity contribution in [2.75, 3.05) is 25.0 Å². The minimum atomic E-state index is -0.985. The van der Waals surface area contributed by atoms with Crippen LogP contribution in [0.3, 0.4) is 0 Å². The molecule has 194 valence electrons. The van der Waals surface area contributed by atoms with Crippen molar-refractivity contribution in [1.29, 1.82) is 0 Å². The summed E-state index contributed by atoms with van der Waals surface area (Å²) in [7, 11) is 1.64. The Labute approximate surface area is 221 Å². The first-order valence-electron chi connectivity index (χ1n) is 12.3. The lowest BCUT2D eigenvalue weighted by atomic mass is 9.94. The van der Waals surface area contributed by atoms with Crippen LogP contribution in [0, 0.1) is 6.92 Å². The number of anilines is 1. The normalized spacial score (nSPS) is 10.7.